The first kappa shape index (κ1) is 14.1. The molecule has 0 radical (unpaired) electrons. The van der Waals surface area contributed by atoms with E-state index in [1.165, 1.54) is 5.56 Å². The summed E-state index contributed by atoms with van der Waals surface area (Å²) >= 11 is 0. The molecule has 2 heterocycles. The van der Waals surface area contributed by atoms with Gasteiger partial charge in [-0.1, -0.05) is 0 Å². The number of ether oxygens (including phenoxy) is 1. The number of carbonyl (C=O) groups is 1. The first-order valence-electron chi connectivity index (χ1n) is 7.48. The molecule has 1 N–H and O–H groups in total. The molecule has 1 aromatic heterocycles. The van der Waals surface area contributed by atoms with Gasteiger partial charge in [0.25, 0.3) is 5.91 Å². The van der Waals surface area contributed by atoms with Gasteiger partial charge in [-0.3, -0.25) is 4.79 Å². The molecule has 2 unspecified atom stereocenters. The summed E-state index contributed by atoms with van der Waals surface area (Å²) in [5, 5.41) is 1.13. The number of H-pyrrole nitrogens is 1. The molecule has 1 aromatic carbocycles. The summed E-state index contributed by atoms with van der Waals surface area (Å²) < 4.78 is 5.50. The number of hydrogen-bond donors (Lipinski definition) is 1. The van der Waals surface area contributed by atoms with Crippen LogP contribution in [0.2, 0.25) is 0 Å². The second kappa shape index (κ2) is 5.19. The molecule has 112 valence electrons. The van der Waals surface area contributed by atoms with Gasteiger partial charge in [0.15, 0.2) is 0 Å². The Bertz CT molecular complexity index is 679. The maximum atomic E-state index is 12.8. The van der Waals surface area contributed by atoms with Gasteiger partial charge in [0.2, 0.25) is 0 Å². The lowest BCUT2D eigenvalue weighted by Crippen LogP contribution is -2.52. The number of nitrogens with one attached hydrogen (secondary N) is 1. The quantitative estimate of drug-likeness (QED) is 0.876. The van der Waals surface area contributed by atoms with Crippen LogP contribution in [0.15, 0.2) is 18.2 Å². The largest absolute Gasteiger partial charge is 0.377 e. The zero-order chi connectivity index (χ0) is 15.1. The van der Waals surface area contributed by atoms with Crippen LogP contribution in [0.4, 0.5) is 0 Å². The minimum absolute atomic E-state index is 0.0958. The highest BCUT2D eigenvalue weighted by molar-refractivity contribution is 5.99. The van der Waals surface area contributed by atoms with Crippen LogP contribution in [0, 0.1) is 13.8 Å². The number of carbonyl (C=O) groups excluding carboxylic acids is 1. The number of aryl methyl sites for hydroxylation is 2. The van der Waals surface area contributed by atoms with E-state index >= 15 is 0 Å². The maximum absolute atomic E-state index is 12.8. The summed E-state index contributed by atoms with van der Waals surface area (Å²) in [6.07, 6.45) is 0. The SMILES string of the molecule is Cc1[nH]c2ccc(C(=O)N3C(C)COCC3C)cc2c1C. The van der Waals surface area contributed by atoms with Crippen LogP contribution in [-0.4, -0.2) is 41.1 Å². The lowest BCUT2D eigenvalue weighted by molar-refractivity contribution is -0.0249. The number of hydrogen-bond acceptors (Lipinski definition) is 2. The Labute approximate surface area is 125 Å². The Kier molecular flexibility index (Phi) is 3.49. The van der Waals surface area contributed by atoms with Crippen molar-refractivity contribution in [2.24, 2.45) is 0 Å². The number of morpholine rings is 1. The summed E-state index contributed by atoms with van der Waals surface area (Å²) in [4.78, 5) is 18.1. The first-order chi connectivity index (χ1) is 9.99. The minimum Gasteiger partial charge on any atom is -0.377 e. The standard InChI is InChI=1S/C17H22N2O2/c1-10-8-21-9-11(2)19(10)17(20)14-5-6-16-15(7-14)12(3)13(4)18-16/h5-7,10-11,18H,8-9H2,1-4H3. The van der Waals surface area contributed by atoms with E-state index < -0.39 is 0 Å². The Hall–Kier alpha value is -1.81. The topological polar surface area (TPSA) is 45.3 Å². The van der Waals surface area contributed by atoms with E-state index in [4.69, 9.17) is 4.74 Å². The third-order valence-electron chi connectivity index (χ3n) is 4.46. The van der Waals surface area contributed by atoms with Crippen LogP contribution in [0.5, 0.6) is 0 Å². The number of benzene rings is 1. The molecule has 4 nitrogen and oxygen atoms in total. The van der Waals surface area contributed by atoms with E-state index in [1.54, 1.807) is 0 Å². The van der Waals surface area contributed by atoms with Crippen LogP contribution >= 0.6 is 0 Å². The Morgan fingerprint density at radius 1 is 1.24 bits per heavy atom. The average Bonchev–Trinajstić information content (AvgIpc) is 2.73. The summed E-state index contributed by atoms with van der Waals surface area (Å²) in [6, 6.07) is 6.15. The molecule has 1 saturated heterocycles. The Morgan fingerprint density at radius 2 is 1.90 bits per heavy atom. The van der Waals surface area contributed by atoms with E-state index in [0.717, 1.165) is 22.2 Å². The van der Waals surface area contributed by atoms with Crippen LogP contribution in [0.3, 0.4) is 0 Å². The van der Waals surface area contributed by atoms with Crippen molar-refractivity contribution < 1.29 is 9.53 Å². The molecule has 1 amide bonds. The summed E-state index contributed by atoms with van der Waals surface area (Å²) in [6.45, 7) is 9.45. The van der Waals surface area contributed by atoms with Crippen molar-refractivity contribution >= 4 is 16.8 Å². The van der Waals surface area contributed by atoms with Crippen LogP contribution in [0.25, 0.3) is 10.9 Å². The number of fused-ring (bicyclic) bond motifs is 1. The highest BCUT2D eigenvalue weighted by Gasteiger charge is 2.30. The first-order valence-corrected chi connectivity index (χ1v) is 7.48. The zero-order valence-corrected chi connectivity index (χ0v) is 13.1. The third-order valence-corrected chi connectivity index (χ3v) is 4.46. The minimum atomic E-state index is 0.0958. The number of rotatable bonds is 1. The lowest BCUT2D eigenvalue weighted by atomic mass is 10.1. The molecule has 0 spiro atoms. The van der Waals surface area contributed by atoms with Gasteiger partial charge in [-0.05, 0) is 51.5 Å². The fraction of sp³-hybridized carbons (Fsp3) is 0.471. The van der Waals surface area contributed by atoms with E-state index in [1.807, 2.05) is 36.9 Å². The van der Waals surface area contributed by atoms with Gasteiger partial charge >= 0.3 is 0 Å². The summed E-state index contributed by atoms with van der Waals surface area (Å²) in [5.74, 6) is 0.0958. The number of aromatic amines is 1. The summed E-state index contributed by atoms with van der Waals surface area (Å²) in [5.41, 5.74) is 4.21. The Balaban J connectivity index is 1.99. The van der Waals surface area contributed by atoms with Gasteiger partial charge in [0.05, 0.1) is 25.3 Å². The monoisotopic (exact) mass is 286 g/mol. The predicted octanol–water partition coefficient (Wildman–Crippen LogP) is 3.03. The molecule has 1 aliphatic heterocycles. The molecule has 1 aliphatic rings. The van der Waals surface area contributed by atoms with Crippen molar-refractivity contribution in [3.63, 3.8) is 0 Å². The average molecular weight is 286 g/mol. The van der Waals surface area contributed by atoms with E-state index in [-0.39, 0.29) is 18.0 Å². The van der Waals surface area contributed by atoms with E-state index in [2.05, 4.69) is 18.8 Å². The molecule has 3 rings (SSSR count). The van der Waals surface area contributed by atoms with Crippen molar-refractivity contribution in [1.82, 2.24) is 9.88 Å². The number of aromatic nitrogens is 1. The highest BCUT2D eigenvalue weighted by atomic mass is 16.5. The number of nitrogens with zero attached hydrogens (tertiary/aromatic N) is 1. The van der Waals surface area contributed by atoms with Crippen molar-refractivity contribution in [1.29, 1.82) is 0 Å². The fourth-order valence-electron chi connectivity index (χ4n) is 3.15. The van der Waals surface area contributed by atoms with Crippen LogP contribution in [0.1, 0.15) is 35.5 Å². The predicted molar refractivity (Wildman–Crippen MR) is 83.7 cm³/mol. The normalized spacial score (nSPS) is 22.8. The molecule has 1 fully saturated rings. The fourth-order valence-corrected chi connectivity index (χ4v) is 3.15. The van der Waals surface area contributed by atoms with Gasteiger partial charge in [0.1, 0.15) is 0 Å². The molecule has 2 aromatic rings. The second-order valence-electron chi connectivity index (χ2n) is 6.08. The van der Waals surface area contributed by atoms with Gasteiger partial charge in [-0.15, -0.1) is 0 Å². The number of amides is 1. The van der Waals surface area contributed by atoms with Crippen molar-refractivity contribution in [3.8, 4) is 0 Å². The molecule has 21 heavy (non-hydrogen) atoms. The van der Waals surface area contributed by atoms with Crippen LogP contribution in [-0.2, 0) is 4.74 Å². The molecular formula is C17H22N2O2. The molecule has 4 heteroatoms. The van der Waals surface area contributed by atoms with Gasteiger partial charge in [-0.25, -0.2) is 0 Å². The molecule has 2 atom stereocenters. The van der Waals surface area contributed by atoms with Crippen LogP contribution < -0.4 is 0 Å². The van der Waals surface area contributed by atoms with E-state index in [0.29, 0.717) is 13.2 Å². The van der Waals surface area contributed by atoms with Crippen molar-refractivity contribution in [3.05, 3.63) is 35.0 Å². The summed E-state index contributed by atoms with van der Waals surface area (Å²) in [7, 11) is 0. The van der Waals surface area contributed by atoms with E-state index in [9.17, 15) is 4.79 Å². The van der Waals surface area contributed by atoms with Gasteiger partial charge < -0.3 is 14.6 Å². The second-order valence-corrected chi connectivity index (χ2v) is 6.08. The zero-order valence-electron chi connectivity index (χ0n) is 13.1. The van der Waals surface area contributed by atoms with Crippen molar-refractivity contribution in [2.75, 3.05) is 13.2 Å². The van der Waals surface area contributed by atoms with Gasteiger partial charge in [0, 0.05) is 22.2 Å². The third kappa shape index (κ3) is 2.33. The molecule has 0 aliphatic carbocycles. The van der Waals surface area contributed by atoms with Gasteiger partial charge in [-0.2, -0.15) is 0 Å². The van der Waals surface area contributed by atoms with Crippen molar-refractivity contribution in [2.45, 2.75) is 39.8 Å². The smallest absolute Gasteiger partial charge is 0.254 e. The maximum Gasteiger partial charge on any atom is 0.254 e. The Morgan fingerprint density at radius 3 is 2.57 bits per heavy atom. The highest BCUT2D eigenvalue weighted by Crippen LogP contribution is 2.24. The lowest BCUT2D eigenvalue weighted by Gasteiger charge is -2.38. The molecule has 0 bridgehead atoms. The molecular weight excluding hydrogens is 264 g/mol. The molecule has 0 saturated carbocycles.